The third kappa shape index (κ3) is 72.2. The lowest BCUT2D eigenvalue weighted by Crippen LogP contribution is -2.30. The zero-order valence-electron chi connectivity index (χ0n) is 63.5. The Bertz CT molecular complexity index is 1890. The molecular formula is C78H152O17P2. The average molecular weight is 1420 g/mol. The van der Waals surface area contributed by atoms with Crippen LogP contribution in [0.15, 0.2) is 0 Å². The Morgan fingerprint density at radius 3 is 0.701 bits per heavy atom. The van der Waals surface area contributed by atoms with Crippen molar-refractivity contribution in [1.29, 1.82) is 0 Å². The third-order valence-corrected chi connectivity index (χ3v) is 20.0. The lowest BCUT2D eigenvalue weighted by molar-refractivity contribution is -0.161. The second-order valence-corrected chi connectivity index (χ2v) is 32.4. The van der Waals surface area contributed by atoms with Crippen molar-refractivity contribution >= 4 is 39.5 Å². The topological polar surface area (TPSA) is 237 Å². The molecule has 0 fully saturated rings. The summed E-state index contributed by atoms with van der Waals surface area (Å²) >= 11 is 0. The van der Waals surface area contributed by atoms with Crippen molar-refractivity contribution in [2.24, 2.45) is 17.8 Å². The monoisotopic (exact) mass is 1420 g/mol. The van der Waals surface area contributed by atoms with Gasteiger partial charge in [-0.1, -0.05) is 350 Å². The number of phosphoric ester groups is 2. The number of esters is 4. The molecule has 17 nitrogen and oxygen atoms in total. The van der Waals surface area contributed by atoms with Crippen molar-refractivity contribution in [3.8, 4) is 0 Å². The fourth-order valence-corrected chi connectivity index (χ4v) is 13.5. The van der Waals surface area contributed by atoms with Gasteiger partial charge in [-0.05, 0) is 43.4 Å². The molecule has 0 rings (SSSR count). The van der Waals surface area contributed by atoms with Crippen LogP contribution in [0.2, 0.25) is 0 Å². The zero-order valence-corrected chi connectivity index (χ0v) is 65.3. The van der Waals surface area contributed by atoms with Gasteiger partial charge < -0.3 is 33.8 Å². The van der Waals surface area contributed by atoms with Crippen LogP contribution < -0.4 is 0 Å². The van der Waals surface area contributed by atoms with E-state index >= 15 is 0 Å². The highest BCUT2D eigenvalue weighted by Crippen LogP contribution is 2.45. The fraction of sp³-hybridized carbons (Fsp3) is 0.949. The Morgan fingerprint density at radius 1 is 0.278 bits per heavy atom. The van der Waals surface area contributed by atoms with E-state index in [2.05, 4.69) is 48.5 Å². The van der Waals surface area contributed by atoms with Gasteiger partial charge in [-0.3, -0.25) is 37.3 Å². The molecule has 0 saturated carbocycles. The molecule has 97 heavy (non-hydrogen) atoms. The highest BCUT2D eigenvalue weighted by Gasteiger charge is 2.30. The number of carbonyl (C=O) groups is 4. The fourth-order valence-electron chi connectivity index (χ4n) is 12.0. The van der Waals surface area contributed by atoms with E-state index in [4.69, 9.17) is 37.0 Å². The predicted molar refractivity (Wildman–Crippen MR) is 395 cm³/mol. The molecule has 0 spiro atoms. The van der Waals surface area contributed by atoms with Crippen molar-refractivity contribution in [1.82, 2.24) is 0 Å². The van der Waals surface area contributed by atoms with E-state index in [1.54, 1.807) is 0 Å². The Kier molecular flexibility index (Phi) is 67.1. The standard InChI is InChI=1S/C78H152O17P2/c1-8-9-10-11-12-28-38-45-52-59-75(80)88-65-73(94-78(83)62-55-48-41-34-27-21-19-24-31-37-44-51-58-71(6)7)67-92-96(84,85)90-63-72(79)64-91-97(86,87)93-68-74(66-89-76(81)60-53-46-39-32-25-20-18-23-30-36-43-50-57-70(4)5)95-77(82)61-54-47-40-33-26-17-15-13-14-16-22-29-35-42-49-56-69(2)3/h69-74,79H,8-68H2,1-7H3,(H,84,85)(H,86,87)/t72-,73+,74+/m0/s1. The summed E-state index contributed by atoms with van der Waals surface area (Å²) < 4.78 is 68.6. The third-order valence-electron chi connectivity index (χ3n) is 18.1. The quantitative estimate of drug-likeness (QED) is 0.0222. The van der Waals surface area contributed by atoms with Crippen LogP contribution in [0.4, 0.5) is 0 Å². The predicted octanol–water partition coefficient (Wildman–Crippen LogP) is 23.0. The first-order chi connectivity index (χ1) is 46.7. The van der Waals surface area contributed by atoms with Gasteiger partial charge >= 0.3 is 39.5 Å². The molecule has 0 amide bonds. The summed E-state index contributed by atoms with van der Waals surface area (Å²) in [5.41, 5.74) is 0. The van der Waals surface area contributed by atoms with Crippen molar-refractivity contribution in [2.75, 3.05) is 39.6 Å². The van der Waals surface area contributed by atoms with E-state index in [9.17, 15) is 43.2 Å². The van der Waals surface area contributed by atoms with Crippen molar-refractivity contribution in [2.45, 2.75) is 420 Å². The molecule has 19 heteroatoms. The van der Waals surface area contributed by atoms with Gasteiger partial charge in [0.25, 0.3) is 0 Å². The maximum Gasteiger partial charge on any atom is 0.472 e. The van der Waals surface area contributed by atoms with Crippen molar-refractivity contribution < 1.29 is 80.2 Å². The van der Waals surface area contributed by atoms with Gasteiger partial charge in [0.1, 0.15) is 19.3 Å². The molecule has 0 aromatic carbocycles. The normalized spacial score (nSPS) is 14.0. The Labute approximate surface area is 594 Å². The molecule has 0 aromatic rings. The van der Waals surface area contributed by atoms with Gasteiger partial charge in [-0.2, -0.15) is 0 Å². The molecule has 0 aliphatic carbocycles. The minimum absolute atomic E-state index is 0.107. The largest absolute Gasteiger partial charge is 0.472 e. The highest BCUT2D eigenvalue weighted by atomic mass is 31.2. The average Bonchev–Trinajstić information content (AvgIpc) is 1.05. The van der Waals surface area contributed by atoms with E-state index in [0.717, 1.165) is 108 Å². The molecule has 0 aliphatic rings. The second kappa shape index (κ2) is 68.5. The van der Waals surface area contributed by atoms with Gasteiger partial charge in [0, 0.05) is 25.7 Å². The summed E-state index contributed by atoms with van der Waals surface area (Å²) in [6.07, 6.45) is 55.4. The SMILES string of the molecule is CCCCCCCCCCCC(=O)OC[C@H](COP(=O)(O)OC[C@H](O)COP(=O)(O)OC[C@@H](COC(=O)CCCCCCCCCCCCCCC(C)C)OC(=O)CCCCCCCCCCCCCCCCCC(C)C)OC(=O)CCCCCCCCCCCCCCC(C)C. The van der Waals surface area contributed by atoms with Crippen molar-refractivity contribution in [3.63, 3.8) is 0 Å². The van der Waals surface area contributed by atoms with E-state index in [-0.39, 0.29) is 25.7 Å². The van der Waals surface area contributed by atoms with E-state index < -0.39 is 97.5 Å². The molecule has 0 heterocycles. The molecule has 0 aliphatic heterocycles. The first-order valence-corrected chi connectivity index (χ1v) is 43.3. The lowest BCUT2D eigenvalue weighted by atomic mass is 10.0. The van der Waals surface area contributed by atoms with Crippen molar-refractivity contribution in [3.05, 3.63) is 0 Å². The molecule has 3 N–H and O–H groups in total. The number of carbonyl (C=O) groups excluding carboxylic acids is 4. The van der Waals surface area contributed by atoms with Gasteiger partial charge in [0.15, 0.2) is 12.2 Å². The number of hydrogen-bond donors (Lipinski definition) is 3. The number of rotatable bonds is 76. The first kappa shape index (κ1) is 95.1. The molecule has 0 aromatic heterocycles. The summed E-state index contributed by atoms with van der Waals surface area (Å²) in [4.78, 5) is 72.9. The maximum atomic E-state index is 13.1. The summed E-state index contributed by atoms with van der Waals surface area (Å²) in [5, 5.41) is 10.6. The van der Waals surface area contributed by atoms with Crippen LogP contribution in [0, 0.1) is 17.8 Å². The molecule has 0 radical (unpaired) electrons. The van der Waals surface area contributed by atoms with E-state index in [1.165, 1.54) is 212 Å². The lowest BCUT2D eigenvalue weighted by Gasteiger charge is -2.21. The van der Waals surface area contributed by atoms with Crippen LogP contribution in [0.25, 0.3) is 0 Å². The van der Waals surface area contributed by atoms with Gasteiger partial charge in [0.2, 0.25) is 0 Å². The van der Waals surface area contributed by atoms with E-state index in [0.29, 0.717) is 25.7 Å². The number of ether oxygens (including phenoxy) is 4. The Morgan fingerprint density at radius 2 is 0.474 bits per heavy atom. The van der Waals surface area contributed by atoms with Crippen LogP contribution in [-0.2, 0) is 65.4 Å². The van der Waals surface area contributed by atoms with Gasteiger partial charge in [-0.25, -0.2) is 9.13 Å². The number of aliphatic hydroxyl groups excluding tert-OH is 1. The summed E-state index contributed by atoms with van der Waals surface area (Å²) in [5.74, 6) is 0.246. The zero-order chi connectivity index (χ0) is 71.6. The summed E-state index contributed by atoms with van der Waals surface area (Å²) in [6.45, 7) is 12.0. The number of unbranched alkanes of at least 4 members (excludes halogenated alkanes) is 44. The minimum atomic E-state index is -4.96. The molecular weight excluding hydrogens is 1270 g/mol. The van der Waals surface area contributed by atoms with Crippen LogP contribution in [0.3, 0.4) is 0 Å². The molecule has 0 saturated heterocycles. The Balaban J connectivity index is 5.23. The van der Waals surface area contributed by atoms with Crippen LogP contribution in [-0.4, -0.2) is 96.7 Å². The molecule has 0 bridgehead atoms. The number of hydrogen-bond acceptors (Lipinski definition) is 15. The van der Waals surface area contributed by atoms with Gasteiger partial charge in [-0.15, -0.1) is 0 Å². The maximum absolute atomic E-state index is 13.1. The smallest absolute Gasteiger partial charge is 0.462 e. The van der Waals surface area contributed by atoms with Crippen LogP contribution in [0.1, 0.15) is 402 Å². The van der Waals surface area contributed by atoms with E-state index in [1.807, 2.05) is 0 Å². The number of phosphoric acid groups is 2. The number of aliphatic hydroxyl groups is 1. The highest BCUT2D eigenvalue weighted by molar-refractivity contribution is 7.47. The summed E-state index contributed by atoms with van der Waals surface area (Å²) in [7, 11) is -9.91. The molecule has 576 valence electrons. The summed E-state index contributed by atoms with van der Waals surface area (Å²) in [6, 6.07) is 0. The van der Waals surface area contributed by atoms with Crippen LogP contribution >= 0.6 is 15.6 Å². The first-order valence-electron chi connectivity index (χ1n) is 40.3. The molecule has 2 unspecified atom stereocenters. The van der Waals surface area contributed by atoms with Gasteiger partial charge in [0.05, 0.1) is 26.4 Å². The van der Waals surface area contributed by atoms with Crippen LogP contribution in [0.5, 0.6) is 0 Å². The second-order valence-electron chi connectivity index (χ2n) is 29.5. The minimum Gasteiger partial charge on any atom is -0.462 e. The molecule has 5 atom stereocenters. The Hall–Kier alpha value is -1.94.